The van der Waals surface area contributed by atoms with Gasteiger partial charge in [-0.1, -0.05) is 6.07 Å². The van der Waals surface area contributed by atoms with Crippen LogP contribution >= 0.6 is 0 Å². The lowest BCUT2D eigenvalue weighted by Gasteiger charge is -2.13. The number of aromatic nitrogens is 1. The van der Waals surface area contributed by atoms with E-state index in [4.69, 9.17) is 4.74 Å². The lowest BCUT2D eigenvalue weighted by molar-refractivity contribution is -0.0504. The molecule has 0 radical (unpaired) electrons. The first-order valence-corrected chi connectivity index (χ1v) is 8.58. The molecule has 2 aromatic rings. The van der Waals surface area contributed by atoms with Crippen LogP contribution in [-0.4, -0.2) is 31.2 Å². The van der Waals surface area contributed by atoms with Gasteiger partial charge in [-0.25, -0.2) is 4.99 Å². The fourth-order valence-electron chi connectivity index (χ4n) is 2.40. The van der Waals surface area contributed by atoms with Crippen LogP contribution in [0.15, 0.2) is 41.4 Å². The van der Waals surface area contributed by atoms with Crippen LogP contribution in [0.3, 0.4) is 0 Å². The summed E-state index contributed by atoms with van der Waals surface area (Å²) in [7, 11) is 1.51. The molecule has 0 fully saturated rings. The van der Waals surface area contributed by atoms with Crippen molar-refractivity contribution in [3.63, 3.8) is 0 Å². The molecule has 0 saturated carbocycles. The third kappa shape index (κ3) is 6.73. The predicted molar refractivity (Wildman–Crippen MR) is 100 cm³/mol. The molecule has 0 unspecified atom stereocenters. The largest absolute Gasteiger partial charge is 0.497 e. The van der Waals surface area contributed by atoms with E-state index in [1.54, 1.807) is 12.1 Å². The van der Waals surface area contributed by atoms with Gasteiger partial charge in [0.2, 0.25) is 0 Å². The molecular weight excluding hydrogens is 354 g/mol. The first kappa shape index (κ1) is 20.4. The molecule has 2 rings (SSSR count). The molecule has 0 atom stereocenters. The lowest BCUT2D eigenvalue weighted by atomic mass is 10.2. The number of rotatable bonds is 8. The van der Waals surface area contributed by atoms with Gasteiger partial charge in [-0.15, -0.1) is 0 Å². The highest BCUT2D eigenvalue weighted by molar-refractivity contribution is 5.79. The summed E-state index contributed by atoms with van der Waals surface area (Å²) in [6.07, 6.45) is 0. The second-order valence-electron chi connectivity index (χ2n) is 5.67. The van der Waals surface area contributed by atoms with Crippen molar-refractivity contribution in [2.75, 3.05) is 13.7 Å². The van der Waals surface area contributed by atoms with Crippen molar-refractivity contribution in [3.05, 3.63) is 53.3 Å². The van der Waals surface area contributed by atoms with Crippen LogP contribution in [-0.2, 0) is 13.1 Å². The van der Waals surface area contributed by atoms with Crippen molar-refractivity contribution in [3.8, 4) is 11.5 Å². The van der Waals surface area contributed by atoms with E-state index < -0.39 is 6.61 Å². The average molecular weight is 378 g/mol. The smallest absolute Gasteiger partial charge is 0.387 e. The molecule has 6 nitrogen and oxygen atoms in total. The topological polar surface area (TPSA) is 67.8 Å². The Balaban J connectivity index is 2.13. The standard InChI is InChI=1S/C19H24F2N4O2/c1-4-22-19(24-12-15-7-5-6-13(2)25-15)23-11-14-10-16(26-3)8-9-17(14)27-18(20)21/h5-10,18H,4,11-12H2,1-3H3,(H2,22,23,24). The van der Waals surface area contributed by atoms with Crippen LogP contribution < -0.4 is 20.1 Å². The van der Waals surface area contributed by atoms with E-state index >= 15 is 0 Å². The minimum atomic E-state index is -2.90. The molecule has 27 heavy (non-hydrogen) atoms. The number of guanidine groups is 1. The fourth-order valence-corrected chi connectivity index (χ4v) is 2.40. The molecule has 0 aliphatic carbocycles. The summed E-state index contributed by atoms with van der Waals surface area (Å²) < 4.78 is 35.0. The van der Waals surface area contributed by atoms with E-state index in [9.17, 15) is 8.78 Å². The number of benzene rings is 1. The summed E-state index contributed by atoms with van der Waals surface area (Å²) in [6, 6.07) is 10.4. The maximum absolute atomic E-state index is 12.6. The van der Waals surface area contributed by atoms with Crippen molar-refractivity contribution in [1.29, 1.82) is 0 Å². The van der Waals surface area contributed by atoms with E-state index in [0.717, 1.165) is 11.4 Å². The quantitative estimate of drug-likeness (QED) is 0.545. The molecule has 0 aliphatic rings. The summed E-state index contributed by atoms with van der Waals surface area (Å²) in [5.41, 5.74) is 2.31. The Kier molecular flexibility index (Phi) is 7.79. The van der Waals surface area contributed by atoms with Gasteiger partial charge in [-0.05, 0) is 44.2 Å². The minimum Gasteiger partial charge on any atom is -0.497 e. The SMILES string of the molecule is CCNC(=NCc1cc(OC)ccc1OC(F)F)NCc1cccc(C)n1. The number of nitrogens with zero attached hydrogens (tertiary/aromatic N) is 2. The first-order valence-electron chi connectivity index (χ1n) is 8.58. The normalized spacial score (nSPS) is 11.4. The Morgan fingerprint density at radius 3 is 2.70 bits per heavy atom. The van der Waals surface area contributed by atoms with Crippen molar-refractivity contribution in [2.24, 2.45) is 4.99 Å². The zero-order valence-corrected chi connectivity index (χ0v) is 15.6. The Morgan fingerprint density at radius 2 is 2.04 bits per heavy atom. The molecular formula is C19H24F2N4O2. The minimum absolute atomic E-state index is 0.0748. The molecule has 0 saturated heterocycles. The van der Waals surface area contributed by atoms with Gasteiger partial charge < -0.3 is 20.1 Å². The van der Waals surface area contributed by atoms with Crippen LogP contribution in [0.2, 0.25) is 0 Å². The second kappa shape index (κ2) is 10.3. The van der Waals surface area contributed by atoms with Gasteiger partial charge in [0.15, 0.2) is 5.96 Å². The Labute approximate surface area is 157 Å². The monoisotopic (exact) mass is 378 g/mol. The molecule has 146 valence electrons. The summed E-state index contributed by atoms with van der Waals surface area (Å²) >= 11 is 0. The maximum atomic E-state index is 12.6. The van der Waals surface area contributed by atoms with Gasteiger partial charge in [0, 0.05) is 17.8 Å². The molecule has 1 heterocycles. The number of alkyl halides is 2. The molecule has 1 aromatic carbocycles. The van der Waals surface area contributed by atoms with Crippen LogP contribution in [0.5, 0.6) is 11.5 Å². The summed E-state index contributed by atoms with van der Waals surface area (Å²) in [5, 5.41) is 6.30. The number of aliphatic imine (C=N–C) groups is 1. The number of nitrogens with one attached hydrogen (secondary N) is 2. The van der Waals surface area contributed by atoms with Crippen LogP contribution in [0.4, 0.5) is 8.78 Å². The Bertz CT molecular complexity index is 769. The molecule has 1 aromatic heterocycles. The first-order chi connectivity index (χ1) is 13.0. The Hall–Kier alpha value is -2.90. The van der Waals surface area contributed by atoms with Crippen molar-refractivity contribution in [2.45, 2.75) is 33.5 Å². The number of aryl methyl sites for hydroxylation is 1. The number of pyridine rings is 1. The molecule has 2 N–H and O–H groups in total. The number of hydrogen-bond donors (Lipinski definition) is 2. The third-order valence-corrected chi connectivity index (χ3v) is 3.62. The van der Waals surface area contributed by atoms with E-state index in [-0.39, 0.29) is 12.3 Å². The second-order valence-corrected chi connectivity index (χ2v) is 5.67. The van der Waals surface area contributed by atoms with Crippen LogP contribution in [0, 0.1) is 6.92 Å². The molecule has 0 amide bonds. The van der Waals surface area contributed by atoms with E-state index in [1.165, 1.54) is 13.2 Å². The van der Waals surface area contributed by atoms with Crippen molar-refractivity contribution < 1.29 is 18.3 Å². The number of ether oxygens (including phenoxy) is 2. The van der Waals surface area contributed by atoms with Crippen molar-refractivity contribution >= 4 is 5.96 Å². The third-order valence-electron chi connectivity index (χ3n) is 3.62. The van der Waals surface area contributed by atoms with E-state index in [0.29, 0.717) is 30.4 Å². The fraction of sp³-hybridized carbons (Fsp3) is 0.368. The van der Waals surface area contributed by atoms with Crippen molar-refractivity contribution in [1.82, 2.24) is 15.6 Å². The van der Waals surface area contributed by atoms with Gasteiger partial charge in [0.1, 0.15) is 11.5 Å². The van der Waals surface area contributed by atoms with Gasteiger partial charge in [-0.3, -0.25) is 4.98 Å². The molecule has 0 aliphatic heterocycles. The number of methoxy groups -OCH3 is 1. The van der Waals surface area contributed by atoms with Crippen LogP contribution in [0.1, 0.15) is 23.9 Å². The summed E-state index contributed by atoms with van der Waals surface area (Å²) in [6.45, 7) is 2.27. The van der Waals surface area contributed by atoms with E-state index in [2.05, 4.69) is 25.3 Å². The van der Waals surface area contributed by atoms with Gasteiger partial charge in [0.05, 0.1) is 25.9 Å². The highest BCUT2D eigenvalue weighted by atomic mass is 19.3. The highest BCUT2D eigenvalue weighted by Gasteiger charge is 2.11. The number of hydrogen-bond acceptors (Lipinski definition) is 4. The van der Waals surface area contributed by atoms with Crippen LogP contribution in [0.25, 0.3) is 0 Å². The summed E-state index contributed by atoms with van der Waals surface area (Å²) in [5.74, 6) is 1.17. The van der Waals surface area contributed by atoms with Gasteiger partial charge >= 0.3 is 6.61 Å². The average Bonchev–Trinajstić information content (AvgIpc) is 2.64. The Morgan fingerprint density at radius 1 is 1.22 bits per heavy atom. The van der Waals surface area contributed by atoms with E-state index in [1.807, 2.05) is 32.0 Å². The lowest BCUT2D eigenvalue weighted by Crippen LogP contribution is -2.37. The zero-order valence-electron chi connectivity index (χ0n) is 15.6. The molecule has 0 bridgehead atoms. The molecule has 0 spiro atoms. The highest BCUT2D eigenvalue weighted by Crippen LogP contribution is 2.26. The van der Waals surface area contributed by atoms with Gasteiger partial charge in [0.25, 0.3) is 0 Å². The predicted octanol–water partition coefficient (Wildman–Crippen LogP) is 3.26. The van der Waals surface area contributed by atoms with Gasteiger partial charge in [-0.2, -0.15) is 8.78 Å². The molecule has 8 heteroatoms. The maximum Gasteiger partial charge on any atom is 0.387 e. The number of halogens is 2. The summed E-state index contributed by atoms with van der Waals surface area (Å²) in [4.78, 5) is 8.88. The zero-order chi connectivity index (χ0) is 19.6.